The molecule has 0 amide bonds. The van der Waals surface area contributed by atoms with Gasteiger partial charge >= 0.3 is 0 Å². The van der Waals surface area contributed by atoms with Crippen molar-refractivity contribution in [3.05, 3.63) is 28.2 Å². The van der Waals surface area contributed by atoms with Gasteiger partial charge in [-0.05, 0) is 32.1 Å². The average Bonchev–Trinajstić information content (AvgIpc) is 2.18. The van der Waals surface area contributed by atoms with E-state index in [1.165, 1.54) is 0 Å². The van der Waals surface area contributed by atoms with Gasteiger partial charge in [0.05, 0.1) is 11.6 Å². The first kappa shape index (κ1) is 11.6. The Morgan fingerprint density at radius 3 is 2.86 bits per heavy atom. The molecule has 14 heavy (non-hydrogen) atoms. The molecular formula is C10H13Cl2NO. The third-order valence-corrected chi connectivity index (χ3v) is 2.27. The van der Waals surface area contributed by atoms with E-state index < -0.39 is 0 Å². The smallest absolute Gasteiger partial charge is 0.139 e. The van der Waals surface area contributed by atoms with E-state index in [1.54, 1.807) is 18.2 Å². The molecule has 0 saturated carbocycles. The number of ether oxygens (including phenoxy) is 1. The van der Waals surface area contributed by atoms with Crippen molar-refractivity contribution in [2.45, 2.75) is 6.42 Å². The summed E-state index contributed by atoms with van der Waals surface area (Å²) < 4.78 is 5.46. The van der Waals surface area contributed by atoms with Crippen LogP contribution in [-0.4, -0.2) is 20.2 Å². The van der Waals surface area contributed by atoms with Gasteiger partial charge in [-0.25, -0.2) is 0 Å². The lowest BCUT2D eigenvalue weighted by atomic mass is 10.3. The van der Waals surface area contributed by atoms with Crippen LogP contribution in [0.5, 0.6) is 5.75 Å². The molecule has 0 aliphatic heterocycles. The third-order valence-electron chi connectivity index (χ3n) is 1.72. The van der Waals surface area contributed by atoms with Crippen LogP contribution in [0.4, 0.5) is 0 Å². The first-order valence-electron chi connectivity index (χ1n) is 4.46. The fourth-order valence-corrected chi connectivity index (χ4v) is 1.35. The maximum absolute atomic E-state index is 5.91. The Labute approximate surface area is 94.2 Å². The summed E-state index contributed by atoms with van der Waals surface area (Å²) in [6, 6.07) is 5.20. The lowest BCUT2D eigenvalue weighted by Crippen LogP contribution is -2.11. The molecule has 0 aliphatic carbocycles. The summed E-state index contributed by atoms with van der Waals surface area (Å²) in [7, 11) is 1.91. The molecule has 0 saturated heterocycles. The molecule has 0 unspecified atom stereocenters. The monoisotopic (exact) mass is 233 g/mol. The van der Waals surface area contributed by atoms with Crippen LogP contribution in [0.1, 0.15) is 6.42 Å². The molecule has 1 aromatic rings. The first-order chi connectivity index (χ1) is 6.74. The molecule has 1 N–H and O–H groups in total. The zero-order valence-corrected chi connectivity index (χ0v) is 9.53. The third kappa shape index (κ3) is 3.74. The maximum atomic E-state index is 5.91. The van der Waals surface area contributed by atoms with Gasteiger partial charge in [0.2, 0.25) is 0 Å². The Bertz CT molecular complexity index is 291. The van der Waals surface area contributed by atoms with Gasteiger partial charge < -0.3 is 10.1 Å². The second-order valence-corrected chi connectivity index (χ2v) is 3.72. The van der Waals surface area contributed by atoms with Crippen LogP contribution in [-0.2, 0) is 0 Å². The molecule has 0 aromatic heterocycles. The van der Waals surface area contributed by atoms with E-state index in [4.69, 9.17) is 27.9 Å². The van der Waals surface area contributed by atoms with Crippen molar-refractivity contribution in [1.82, 2.24) is 5.32 Å². The van der Waals surface area contributed by atoms with Crippen LogP contribution in [0.3, 0.4) is 0 Å². The van der Waals surface area contributed by atoms with Gasteiger partial charge in [-0.15, -0.1) is 0 Å². The molecule has 4 heteroatoms. The van der Waals surface area contributed by atoms with Crippen LogP contribution in [0.25, 0.3) is 0 Å². The highest BCUT2D eigenvalue weighted by Gasteiger charge is 2.01. The Balaban J connectivity index is 2.45. The predicted octanol–water partition coefficient (Wildman–Crippen LogP) is 2.98. The van der Waals surface area contributed by atoms with Crippen LogP contribution in [0.15, 0.2) is 18.2 Å². The van der Waals surface area contributed by atoms with Gasteiger partial charge in [0, 0.05) is 11.1 Å². The standard InChI is InChI=1S/C10H13Cl2NO/c1-13-5-2-6-14-10-7-8(11)3-4-9(10)12/h3-4,7,13H,2,5-6H2,1H3. The van der Waals surface area contributed by atoms with E-state index in [0.29, 0.717) is 22.4 Å². The number of hydrogen-bond acceptors (Lipinski definition) is 2. The largest absolute Gasteiger partial charge is 0.492 e. The molecule has 0 atom stereocenters. The summed E-state index contributed by atoms with van der Waals surface area (Å²) >= 11 is 11.7. The number of benzene rings is 1. The molecule has 0 bridgehead atoms. The van der Waals surface area contributed by atoms with E-state index in [2.05, 4.69) is 5.32 Å². The highest BCUT2D eigenvalue weighted by atomic mass is 35.5. The van der Waals surface area contributed by atoms with Crippen LogP contribution >= 0.6 is 23.2 Å². The molecular weight excluding hydrogens is 221 g/mol. The lowest BCUT2D eigenvalue weighted by Gasteiger charge is -2.07. The SMILES string of the molecule is CNCCCOc1cc(Cl)ccc1Cl. The van der Waals surface area contributed by atoms with Crippen molar-refractivity contribution < 1.29 is 4.74 Å². The maximum Gasteiger partial charge on any atom is 0.139 e. The summed E-state index contributed by atoms with van der Waals surface area (Å²) in [5, 5.41) is 4.27. The van der Waals surface area contributed by atoms with E-state index >= 15 is 0 Å². The Hall–Kier alpha value is -0.440. The molecule has 0 heterocycles. The molecule has 1 rings (SSSR count). The zero-order chi connectivity index (χ0) is 10.4. The van der Waals surface area contributed by atoms with Gasteiger partial charge in [-0.3, -0.25) is 0 Å². The minimum absolute atomic E-state index is 0.596. The van der Waals surface area contributed by atoms with Gasteiger partial charge in [0.15, 0.2) is 0 Å². The zero-order valence-electron chi connectivity index (χ0n) is 8.02. The highest BCUT2D eigenvalue weighted by Crippen LogP contribution is 2.27. The summed E-state index contributed by atoms with van der Waals surface area (Å²) in [4.78, 5) is 0. The summed E-state index contributed by atoms with van der Waals surface area (Å²) in [5.74, 6) is 0.648. The Morgan fingerprint density at radius 1 is 1.36 bits per heavy atom. The summed E-state index contributed by atoms with van der Waals surface area (Å²) in [6.45, 7) is 1.57. The highest BCUT2D eigenvalue weighted by molar-refractivity contribution is 6.34. The van der Waals surface area contributed by atoms with Crippen molar-refractivity contribution in [1.29, 1.82) is 0 Å². The minimum Gasteiger partial charge on any atom is -0.492 e. The average molecular weight is 234 g/mol. The Kier molecular flexibility index (Phi) is 5.09. The van der Waals surface area contributed by atoms with Crippen molar-refractivity contribution in [3.63, 3.8) is 0 Å². The van der Waals surface area contributed by atoms with Crippen molar-refractivity contribution in [2.75, 3.05) is 20.2 Å². The molecule has 0 fully saturated rings. The first-order valence-corrected chi connectivity index (χ1v) is 5.22. The topological polar surface area (TPSA) is 21.3 Å². The Morgan fingerprint density at radius 2 is 2.14 bits per heavy atom. The predicted molar refractivity (Wildman–Crippen MR) is 60.5 cm³/mol. The van der Waals surface area contributed by atoms with Crippen molar-refractivity contribution in [2.24, 2.45) is 0 Å². The van der Waals surface area contributed by atoms with Gasteiger partial charge in [0.1, 0.15) is 5.75 Å². The van der Waals surface area contributed by atoms with Crippen LogP contribution in [0, 0.1) is 0 Å². The normalized spacial score (nSPS) is 10.2. The van der Waals surface area contributed by atoms with Crippen molar-refractivity contribution in [3.8, 4) is 5.75 Å². The number of hydrogen-bond donors (Lipinski definition) is 1. The molecule has 2 nitrogen and oxygen atoms in total. The molecule has 1 aromatic carbocycles. The summed E-state index contributed by atoms with van der Waals surface area (Å²) in [5.41, 5.74) is 0. The molecule has 0 spiro atoms. The second kappa shape index (κ2) is 6.12. The quantitative estimate of drug-likeness (QED) is 0.791. The van der Waals surface area contributed by atoms with E-state index in [9.17, 15) is 0 Å². The van der Waals surface area contributed by atoms with Crippen LogP contribution in [0.2, 0.25) is 10.0 Å². The van der Waals surface area contributed by atoms with E-state index in [0.717, 1.165) is 13.0 Å². The van der Waals surface area contributed by atoms with Gasteiger partial charge in [-0.2, -0.15) is 0 Å². The van der Waals surface area contributed by atoms with Gasteiger partial charge in [0.25, 0.3) is 0 Å². The summed E-state index contributed by atoms with van der Waals surface area (Å²) in [6.07, 6.45) is 0.944. The van der Waals surface area contributed by atoms with Gasteiger partial charge in [-0.1, -0.05) is 23.2 Å². The van der Waals surface area contributed by atoms with E-state index in [1.807, 2.05) is 7.05 Å². The fraction of sp³-hybridized carbons (Fsp3) is 0.400. The lowest BCUT2D eigenvalue weighted by molar-refractivity contribution is 0.310. The molecule has 78 valence electrons. The fourth-order valence-electron chi connectivity index (χ4n) is 1.02. The molecule has 0 radical (unpaired) electrons. The van der Waals surface area contributed by atoms with Crippen LogP contribution < -0.4 is 10.1 Å². The minimum atomic E-state index is 0.596. The molecule has 0 aliphatic rings. The number of nitrogens with one attached hydrogen (secondary N) is 1. The van der Waals surface area contributed by atoms with E-state index in [-0.39, 0.29) is 0 Å². The second-order valence-electron chi connectivity index (χ2n) is 2.88. The number of halogens is 2. The van der Waals surface area contributed by atoms with Crippen molar-refractivity contribution >= 4 is 23.2 Å². The number of rotatable bonds is 5.